The van der Waals surface area contributed by atoms with Gasteiger partial charge in [-0.3, -0.25) is 9.59 Å². The van der Waals surface area contributed by atoms with Crippen LogP contribution < -0.4 is 0 Å². The number of hydrogen-bond acceptors (Lipinski definition) is 2. The fourth-order valence-corrected chi connectivity index (χ4v) is 2.28. The second-order valence-electron chi connectivity index (χ2n) is 4.03. The van der Waals surface area contributed by atoms with Crippen LogP contribution in [0, 0.1) is 0 Å². The molecule has 0 bridgehead atoms. The lowest BCUT2D eigenvalue weighted by molar-refractivity contribution is -0.131. The number of nitrogens with one attached hydrogen (secondary N) is 2. The third-order valence-electron chi connectivity index (χ3n) is 3.06. The van der Waals surface area contributed by atoms with Gasteiger partial charge in [0.05, 0.1) is 0 Å². The number of rotatable bonds is 4. The Morgan fingerprint density at radius 2 is 1.35 bits per heavy atom. The first-order valence-corrected chi connectivity index (χ1v) is 5.40. The largest absolute Gasteiger partial charge is 0.363 e. The van der Waals surface area contributed by atoms with Gasteiger partial charge in [-0.25, -0.2) is 0 Å². The average Bonchev–Trinajstić information content (AvgIpc) is 2.88. The molecule has 0 amide bonds. The number of hydrogen-bond donors (Lipinski definition) is 2. The van der Waals surface area contributed by atoms with Crippen molar-refractivity contribution in [1.29, 1.82) is 0 Å². The molecule has 0 aliphatic rings. The maximum atomic E-state index is 12.0. The number of aromatic nitrogens is 2. The Balaban J connectivity index is 2.73. The minimum absolute atomic E-state index is 0.199. The van der Waals surface area contributed by atoms with Crippen molar-refractivity contribution in [2.45, 2.75) is 19.3 Å². The molecule has 0 saturated carbocycles. The zero-order valence-corrected chi connectivity index (χ0v) is 9.78. The normalized spacial score (nSPS) is 11.4. The number of Topliss-reactive ketones (excluding diaryl/α,β-unsaturated/α-hetero) is 2. The van der Waals surface area contributed by atoms with E-state index in [2.05, 4.69) is 9.97 Å². The molecule has 2 heterocycles. The van der Waals surface area contributed by atoms with Gasteiger partial charge in [0.15, 0.2) is 17.0 Å². The fraction of sp³-hybridized carbons (Fsp3) is 0.231. The van der Waals surface area contributed by atoms with Crippen LogP contribution in [0.5, 0.6) is 0 Å². The van der Waals surface area contributed by atoms with Crippen molar-refractivity contribution in [3.05, 3.63) is 48.0 Å². The van der Waals surface area contributed by atoms with Gasteiger partial charge in [0.1, 0.15) is 0 Å². The van der Waals surface area contributed by atoms with Crippen molar-refractivity contribution < 1.29 is 9.59 Å². The highest BCUT2D eigenvalue weighted by Crippen LogP contribution is 2.32. The second kappa shape index (κ2) is 4.05. The predicted octanol–water partition coefficient (Wildman–Crippen LogP) is 1.81. The van der Waals surface area contributed by atoms with Gasteiger partial charge < -0.3 is 9.97 Å². The third-order valence-corrected chi connectivity index (χ3v) is 3.06. The summed E-state index contributed by atoms with van der Waals surface area (Å²) in [4.78, 5) is 30.0. The summed E-state index contributed by atoms with van der Waals surface area (Å²) in [6.07, 6.45) is 3.41. The molecule has 88 valence electrons. The van der Waals surface area contributed by atoms with Crippen LogP contribution in [0.4, 0.5) is 0 Å². The lowest BCUT2D eigenvalue weighted by Crippen LogP contribution is -2.43. The molecule has 0 unspecified atom stereocenters. The molecule has 0 fully saturated rings. The van der Waals surface area contributed by atoms with E-state index in [9.17, 15) is 9.59 Å². The molecule has 4 nitrogen and oxygen atoms in total. The summed E-state index contributed by atoms with van der Waals surface area (Å²) in [6.45, 7) is 2.87. The van der Waals surface area contributed by atoms with E-state index >= 15 is 0 Å². The van der Waals surface area contributed by atoms with Crippen molar-refractivity contribution in [1.82, 2.24) is 9.97 Å². The molecule has 0 aliphatic carbocycles. The lowest BCUT2D eigenvalue weighted by Gasteiger charge is -2.26. The van der Waals surface area contributed by atoms with E-state index in [0.29, 0.717) is 11.4 Å². The molecule has 2 aromatic heterocycles. The van der Waals surface area contributed by atoms with Crippen LogP contribution in [0.3, 0.4) is 0 Å². The predicted molar refractivity (Wildman–Crippen MR) is 63.7 cm³/mol. The van der Waals surface area contributed by atoms with Gasteiger partial charge in [-0.1, -0.05) is 0 Å². The third kappa shape index (κ3) is 1.53. The van der Waals surface area contributed by atoms with E-state index in [0.717, 1.165) is 0 Å². The number of H-pyrrole nitrogens is 2. The summed E-state index contributed by atoms with van der Waals surface area (Å²) in [5.41, 5.74) is -0.0487. The van der Waals surface area contributed by atoms with Crippen LogP contribution in [-0.2, 0) is 15.0 Å². The van der Waals surface area contributed by atoms with E-state index in [1.54, 1.807) is 36.7 Å². The lowest BCUT2D eigenvalue weighted by atomic mass is 9.74. The van der Waals surface area contributed by atoms with Gasteiger partial charge in [0, 0.05) is 23.8 Å². The molecule has 2 aromatic rings. The summed E-state index contributed by atoms with van der Waals surface area (Å²) >= 11 is 0. The first-order valence-electron chi connectivity index (χ1n) is 5.40. The Morgan fingerprint density at radius 1 is 0.941 bits per heavy atom. The molecule has 0 aliphatic heterocycles. The molecule has 0 radical (unpaired) electrons. The van der Waals surface area contributed by atoms with E-state index in [1.165, 1.54) is 13.8 Å². The highest BCUT2D eigenvalue weighted by atomic mass is 16.2. The Kier molecular flexibility index (Phi) is 2.71. The first-order chi connectivity index (χ1) is 8.10. The Hall–Kier alpha value is -2.10. The molecule has 0 spiro atoms. The Morgan fingerprint density at radius 3 is 1.59 bits per heavy atom. The van der Waals surface area contributed by atoms with Crippen molar-refractivity contribution >= 4 is 11.6 Å². The number of ketones is 2. The highest BCUT2D eigenvalue weighted by molar-refractivity contribution is 6.13. The van der Waals surface area contributed by atoms with Crippen LogP contribution in [0.1, 0.15) is 25.2 Å². The van der Waals surface area contributed by atoms with Gasteiger partial charge in [0.2, 0.25) is 0 Å². The summed E-state index contributed by atoms with van der Waals surface area (Å²) in [7, 11) is 0. The summed E-state index contributed by atoms with van der Waals surface area (Å²) in [5, 5.41) is 0. The van der Waals surface area contributed by atoms with Gasteiger partial charge in [0.25, 0.3) is 0 Å². The molecule has 0 atom stereocenters. The van der Waals surface area contributed by atoms with E-state index in [-0.39, 0.29) is 11.6 Å². The zero-order valence-electron chi connectivity index (χ0n) is 9.78. The zero-order chi connectivity index (χ0) is 12.5. The fourth-order valence-electron chi connectivity index (χ4n) is 2.28. The molecule has 17 heavy (non-hydrogen) atoms. The summed E-state index contributed by atoms with van der Waals surface area (Å²) in [5.74, 6) is -0.398. The Bertz CT molecular complexity index is 474. The number of aromatic amines is 2. The van der Waals surface area contributed by atoms with E-state index in [4.69, 9.17) is 0 Å². The van der Waals surface area contributed by atoms with Crippen LogP contribution in [-0.4, -0.2) is 21.5 Å². The van der Waals surface area contributed by atoms with E-state index < -0.39 is 5.41 Å². The smallest absolute Gasteiger partial charge is 0.166 e. The van der Waals surface area contributed by atoms with Crippen LogP contribution in [0.25, 0.3) is 0 Å². The van der Waals surface area contributed by atoms with Gasteiger partial charge in [-0.15, -0.1) is 0 Å². The molecule has 0 saturated heterocycles. The van der Waals surface area contributed by atoms with Gasteiger partial charge in [-0.05, 0) is 38.1 Å². The highest BCUT2D eigenvalue weighted by Gasteiger charge is 2.45. The maximum Gasteiger partial charge on any atom is 0.166 e. The number of carbonyl (C=O) groups excluding carboxylic acids is 2. The van der Waals surface area contributed by atoms with Crippen molar-refractivity contribution in [2.75, 3.05) is 0 Å². The minimum Gasteiger partial charge on any atom is -0.363 e. The standard InChI is InChI=1S/C13H14N2O2/c1-9(16)13(10(2)17,11-5-3-7-14-11)12-6-4-8-15-12/h3-8,14-15H,1-2H3. The van der Waals surface area contributed by atoms with Crippen molar-refractivity contribution in [3.63, 3.8) is 0 Å². The molecule has 2 rings (SSSR count). The quantitative estimate of drug-likeness (QED) is 0.786. The van der Waals surface area contributed by atoms with Crippen molar-refractivity contribution in [2.24, 2.45) is 0 Å². The van der Waals surface area contributed by atoms with Crippen LogP contribution in [0.2, 0.25) is 0 Å². The van der Waals surface area contributed by atoms with Crippen LogP contribution >= 0.6 is 0 Å². The SMILES string of the molecule is CC(=O)C(C(C)=O)(c1ccc[nH]1)c1ccc[nH]1. The Labute approximate surface area is 99.1 Å². The molecule has 2 N–H and O–H groups in total. The monoisotopic (exact) mass is 230 g/mol. The molecular weight excluding hydrogens is 216 g/mol. The molecular formula is C13H14N2O2. The van der Waals surface area contributed by atoms with Crippen LogP contribution in [0.15, 0.2) is 36.7 Å². The summed E-state index contributed by atoms with van der Waals surface area (Å²) in [6, 6.07) is 7.06. The molecule has 4 heteroatoms. The van der Waals surface area contributed by atoms with Crippen molar-refractivity contribution in [3.8, 4) is 0 Å². The first kappa shape index (κ1) is 11.4. The summed E-state index contributed by atoms with van der Waals surface area (Å²) < 4.78 is 0. The topological polar surface area (TPSA) is 65.7 Å². The van der Waals surface area contributed by atoms with Gasteiger partial charge in [-0.2, -0.15) is 0 Å². The maximum absolute atomic E-state index is 12.0. The minimum atomic E-state index is -1.24. The average molecular weight is 230 g/mol. The second-order valence-corrected chi connectivity index (χ2v) is 4.03. The number of carbonyl (C=O) groups is 2. The van der Waals surface area contributed by atoms with Gasteiger partial charge >= 0.3 is 0 Å². The van der Waals surface area contributed by atoms with E-state index in [1.807, 2.05) is 0 Å². The molecule has 0 aromatic carbocycles.